The standard InChI is InChI=1S/C31H33N11O/c1-41-21-25(20-38-41)23-8-13-28(35-18-23)42(31(43)37-17-22-6-3-2-4-7-22)27-11-9-26(10-12-27)39-30-36-19-24(16-33)29(40-30)34-15-5-14-32/h2-4,6-8,13,18-21,26-27H,5,9-12,15,17H2,1H3,(H,37,43)(H2,34,36,39,40)/t26-,27-. The number of pyridine rings is 1. The smallest absolute Gasteiger partial charge is 0.323 e. The Bertz CT molecular complexity index is 1600. The third-order valence-electron chi connectivity index (χ3n) is 7.37. The fourth-order valence-electron chi connectivity index (χ4n) is 5.15. The number of nitrogens with zero attached hydrogens (tertiary/aromatic N) is 8. The summed E-state index contributed by atoms with van der Waals surface area (Å²) in [4.78, 5) is 28.9. The van der Waals surface area contributed by atoms with Crippen molar-refractivity contribution in [3.05, 3.63) is 78.4 Å². The molecule has 0 radical (unpaired) electrons. The van der Waals surface area contributed by atoms with Crippen molar-refractivity contribution in [2.45, 2.75) is 50.7 Å². The number of rotatable bonds is 10. The van der Waals surface area contributed by atoms with Gasteiger partial charge in [0.25, 0.3) is 0 Å². The van der Waals surface area contributed by atoms with Crippen LogP contribution >= 0.6 is 0 Å². The van der Waals surface area contributed by atoms with Gasteiger partial charge in [-0.1, -0.05) is 30.3 Å². The zero-order valence-electron chi connectivity index (χ0n) is 23.9. The minimum Gasteiger partial charge on any atom is -0.368 e. The van der Waals surface area contributed by atoms with Crippen LogP contribution in [0.3, 0.4) is 0 Å². The third-order valence-corrected chi connectivity index (χ3v) is 7.37. The number of carbonyl (C=O) groups is 1. The Kier molecular flexibility index (Phi) is 9.39. The van der Waals surface area contributed by atoms with E-state index in [1.807, 2.05) is 55.7 Å². The Hall–Kier alpha value is -5.49. The molecule has 218 valence electrons. The second-order valence-electron chi connectivity index (χ2n) is 10.4. The van der Waals surface area contributed by atoms with E-state index in [9.17, 15) is 10.1 Å². The largest absolute Gasteiger partial charge is 0.368 e. The fraction of sp³-hybridized carbons (Fsp3) is 0.323. The molecule has 3 heterocycles. The summed E-state index contributed by atoms with van der Waals surface area (Å²) in [5.41, 5.74) is 3.24. The maximum absolute atomic E-state index is 13.6. The lowest BCUT2D eigenvalue weighted by atomic mass is 9.90. The van der Waals surface area contributed by atoms with Crippen LogP contribution in [0.2, 0.25) is 0 Å². The van der Waals surface area contributed by atoms with Crippen molar-refractivity contribution in [1.29, 1.82) is 10.5 Å². The Morgan fingerprint density at radius 1 is 1.02 bits per heavy atom. The number of benzene rings is 1. The van der Waals surface area contributed by atoms with Crippen LogP contribution in [0.5, 0.6) is 0 Å². The van der Waals surface area contributed by atoms with Crippen LogP contribution in [0, 0.1) is 22.7 Å². The number of aryl methyl sites for hydroxylation is 1. The van der Waals surface area contributed by atoms with E-state index in [0.717, 1.165) is 42.4 Å². The summed E-state index contributed by atoms with van der Waals surface area (Å²) in [5, 5.41) is 31.9. The average Bonchev–Trinajstić information content (AvgIpc) is 3.48. The maximum atomic E-state index is 13.6. The summed E-state index contributed by atoms with van der Waals surface area (Å²) >= 11 is 0. The maximum Gasteiger partial charge on any atom is 0.323 e. The molecule has 1 fully saturated rings. The molecule has 1 saturated carbocycles. The lowest BCUT2D eigenvalue weighted by molar-refractivity contribution is 0.240. The van der Waals surface area contributed by atoms with E-state index in [4.69, 9.17) is 10.2 Å². The van der Waals surface area contributed by atoms with Crippen LogP contribution in [0.1, 0.15) is 43.2 Å². The van der Waals surface area contributed by atoms with Crippen LogP contribution < -0.4 is 20.9 Å². The lowest BCUT2D eigenvalue weighted by Gasteiger charge is -2.36. The predicted octanol–water partition coefficient (Wildman–Crippen LogP) is 4.61. The van der Waals surface area contributed by atoms with Crippen molar-refractivity contribution in [1.82, 2.24) is 30.0 Å². The van der Waals surface area contributed by atoms with Gasteiger partial charge in [-0.3, -0.25) is 9.58 Å². The van der Waals surface area contributed by atoms with Gasteiger partial charge in [0.05, 0.1) is 24.9 Å². The summed E-state index contributed by atoms with van der Waals surface area (Å²) in [6.07, 6.45) is 10.4. The molecule has 3 N–H and O–H groups in total. The molecule has 3 aromatic heterocycles. The van der Waals surface area contributed by atoms with Crippen LogP contribution in [-0.4, -0.2) is 49.4 Å². The highest BCUT2D eigenvalue weighted by molar-refractivity contribution is 5.91. The van der Waals surface area contributed by atoms with Crippen LogP contribution in [0.25, 0.3) is 11.1 Å². The van der Waals surface area contributed by atoms with E-state index in [2.05, 4.69) is 43.2 Å². The van der Waals surface area contributed by atoms with Gasteiger partial charge < -0.3 is 16.0 Å². The number of nitrogens with one attached hydrogen (secondary N) is 3. The molecule has 5 rings (SSSR count). The van der Waals surface area contributed by atoms with Crippen molar-refractivity contribution in [2.75, 3.05) is 22.1 Å². The van der Waals surface area contributed by atoms with Crippen molar-refractivity contribution in [2.24, 2.45) is 7.05 Å². The molecule has 0 saturated heterocycles. The van der Waals surface area contributed by atoms with Gasteiger partial charge in [0.15, 0.2) is 0 Å². The Morgan fingerprint density at radius 3 is 2.51 bits per heavy atom. The molecule has 0 atom stereocenters. The van der Waals surface area contributed by atoms with Crippen LogP contribution in [-0.2, 0) is 13.6 Å². The molecular weight excluding hydrogens is 542 g/mol. The molecule has 4 aromatic rings. The monoisotopic (exact) mass is 575 g/mol. The zero-order valence-corrected chi connectivity index (χ0v) is 23.9. The van der Waals surface area contributed by atoms with E-state index >= 15 is 0 Å². The number of hydrogen-bond donors (Lipinski definition) is 3. The van der Waals surface area contributed by atoms with E-state index < -0.39 is 0 Å². The quantitative estimate of drug-likeness (QED) is 0.229. The number of amides is 2. The van der Waals surface area contributed by atoms with E-state index in [1.54, 1.807) is 22.0 Å². The number of urea groups is 1. The summed E-state index contributed by atoms with van der Waals surface area (Å²) in [5.74, 6) is 1.43. The summed E-state index contributed by atoms with van der Waals surface area (Å²) in [6.45, 7) is 0.813. The molecule has 1 aromatic carbocycles. The van der Waals surface area contributed by atoms with Gasteiger partial charge in [-0.05, 0) is 43.4 Å². The molecule has 0 aliphatic heterocycles. The number of hydrogen-bond acceptors (Lipinski definition) is 9. The van der Waals surface area contributed by atoms with Gasteiger partial charge in [0.2, 0.25) is 5.95 Å². The minimum atomic E-state index is -0.189. The lowest BCUT2D eigenvalue weighted by Crippen LogP contribution is -2.49. The number of nitriles is 2. The van der Waals surface area contributed by atoms with Gasteiger partial charge in [-0.25, -0.2) is 14.8 Å². The van der Waals surface area contributed by atoms with E-state index in [-0.39, 0.29) is 18.1 Å². The molecule has 2 amide bonds. The first-order chi connectivity index (χ1) is 21.0. The van der Waals surface area contributed by atoms with E-state index in [0.29, 0.717) is 42.7 Å². The fourth-order valence-corrected chi connectivity index (χ4v) is 5.15. The van der Waals surface area contributed by atoms with Crippen molar-refractivity contribution < 1.29 is 4.79 Å². The zero-order chi connectivity index (χ0) is 30.0. The van der Waals surface area contributed by atoms with Crippen LogP contribution in [0.15, 0.2) is 67.3 Å². The average molecular weight is 576 g/mol. The Balaban J connectivity index is 1.28. The van der Waals surface area contributed by atoms with Crippen molar-refractivity contribution in [3.63, 3.8) is 0 Å². The molecule has 12 nitrogen and oxygen atoms in total. The highest BCUT2D eigenvalue weighted by atomic mass is 16.2. The van der Waals surface area contributed by atoms with Crippen molar-refractivity contribution in [3.8, 4) is 23.3 Å². The number of carbonyl (C=O) groups excluding carboxylic acids is 1. The summed E-state index contributed by atoms with van der Waals surface area (Å²) in [7, 11) is 1.87. The molecule has 43 heavy (non-hydrogen) atoms. The second-order valence-corrected chi connectivity index (χ2v) is 10.4. The van der Waals surface area contributed by atoms with Gasteiger partial charge in [0.1, 0.15) is 23.3 Å². The molecule has 12 heteroatoms. The third kappa shape index (κ3) is 7.43. The van der Waals surface area contributed by atoms with Crippen LogP contribution in [0.4, 0.5) is 22.4 Å². The van der Waals surface area contributed by atoms with Crippen molar-refractivity contribution >= 4 is 23.6 Å². The Labute approximate surface area is 250 Å². The predicted molar refractivity (Wildman–Crippen MR) is 163 cm³/mol. The summed E-state index contributed by atoms with van der Waals surface area (Å²) < 4.78 is 1.74. The highest BCUT2D eigenvalue weighted by Crippen LogP contribution is 2.29. The SMILES string of the molecule is Cn1cc(-c2ccc(N(C(=O)NCc3ccccc3)[C@H]3CC[C@H](Nc4ncc(C#N)c(NCCC#N)n4)CC3)nc2)cn1. The number of aromatic nitrogens is 5. The van der Waals surface area contributed by atoms with E-state index in [1.165, 1.54) is 6.20 Å². The Morgan fingerprint density at radius 2 is 1.84 bits per heavy atom. The first-order valence-electron chi connectivity index (χ1n) is 14.2. The molecule has 1 aliphatic rings. The molecular formula is C31H33N11O. The minimum absolute atomic E-state index is 0.0457. The second kappa shape index (κ2) is 13.9. The topological polar surface area (TPSA) is 160 Å². The van der Waals surface area contributed by atoms with Gasteiger partial charge in [-0.2, -0.15) is 20.6 Å². The molecule has 0 spiro atoms. The normalized spacial score (nSPS) is 16.0. The molecule has 0 unspecified atom stereocenters. The highest BCUT2D eigenvalue weighted by Gasteiger charge is 2.31. The first-order valence-corrected chi connectivity index (χ1v) is 14.2. The molecule has 0 bridgehead atoms. The summed E-state index contributed by atoms with van der Waals surface area (Å²) in [6, 6.07) is 17.7. The van der Waals surface area contributed by atoms with Gasteiger partial charge in [0, 0.05) is 55.7 Å². The number of anilines is 3. The first kappa shape index (κ1) is 29.0. The molecule has 1 aliphatic carbocycles. The van der Waals surface area contributed by atoms with Gasteiger partial charge in [-0.15, -0.1) is 0 Å². The van der Waals surface area contributed by atoms with Gasteiger partial charge >= 0.3 is 6.03 Å².